The van der Waals surface area contributed by atoms with Gasteiger partial charge in [0.25, 0.3) is 15.9 Å². The zero-order chi connectivity index (χ0) is 20.6. The maximum Gasteiger partial charge on any atom is 0.253 e. The Kier molecular flexibility index (Phi) is 5.54. The summed E-state index contributed by atoms with van der Waals surface area (Å²) in [4.78, 5) is 26.9. The van der Waals surface area contributed by atoms with Crippen LogP contribution in [0, 0.1) is 5.82 Å². The molecular weight excluding hydrogens is 415 g/mol. The van der Waals surface area contributed by atoms with Gasteiger partial charge in [-0.2, -0.15) is 4.31 Å². The van der Waals surface area contributed by atoms with Gasteiger partial charge in [-0.1, -0.05) is 25.3 Å². The minimum atomic E-state index is -3.92. The van der Waals surface area contributed by atoms with Crippen LogP contribution in [0.1, 0.15) is 38.5 Å². The first-order chi connectivity index (χ1) is 13.9. The second-order valence-electron chi connectivity index (χ2n) is 7.32. The van der Waals surface area contributed by atoms with Crippen molar-refractivity contribution in [3.8, 4) is 0 Å². The summed E-state index contributed by atoms with van der Waals surface area (Å²) in [6.45, 7) is 0. The summed E-state index contributed by atoms with van der Waals surface area (Å²) in [7, 11) is -3.92. The lowest BCUT2D eigenvalue weighted by Crippen LogP contribution is -2.51. The maximum absolute atomic E-state index is 13.4. The molecule has 1 saturated carbocycles. The predicted molar refractivity (Wildman–Crippen MR) is 108 cm³/mol. The van der Waals surface area contributed by atoms with E-state index in [-0.39, 0.29) is 22.4 Å². The standard InChI is InChI=1S/C20H21FN2O4S2/c21-14-8-10-15(11-9-14)22-18(24)13-17(20(22)25)23(16-5-2-1-3-6-16)29(26,27)19-7-4-12-28-19/h4,7-12,16-17H,1-3,5-6,13H2. The van der Waals surface area contributed by atoms with Gasteiger partial charge in [-0.05, 0) is 48.6 Å². The molecule has 0 N–H and O–H groups in total. The molecule has 1 aliphatic carbocycles. The number of hydrogen-bond donors (Lipinski definition) is 0. The summed E-state index contributed by atoms with van der Waals surface area (Å²) in [5, 5.41) is 1.68. The molecule has 1 atom stereocenters. The first-order valence-electron chi connectivity index (χ1n) is 9.59. The Hall–Kier alpha value is -2.10. The highest BCUT2D eigenvalue weighted by Crippen LogP contribution is 2.36. The van der Waals surface area contributed by atoms with Crippen molar-refractivity contribution in [1.82, 2.24) is 4.31 Å². The monoisotopic (exact) mass is 436 g/mol. The number of carbonyl (C=O) groups excluding carboxylic acids is 2. The molecule has 4 rings (SSSR count). The number of benzene rings is 1. The molecule has 0 spiro atoms. The second kappa shape index (κ2) is 7.97. The molecule has 1 aliphatic heterocycles. The van der Waals surface area contributed by atoms with Crippen molar-refractivity contribution in [3.05, 3.63) is 47.6 Å². The number of hydrogen-bond acceptors (Lipinski definition) is 5. The topological polar surface area (TPSA) is 74.8 Å². The molecule has 9 heteroatoms. The Labute approximate surface area is 173 Å². The zero-order valence-corrected chi connectivity index (χ0v) is 17.3. The fourth-order valence-electron chi connectivity index (χ4n) is 4.14. The smallest absolute Gasteiger partial charge is 0.253 e. The van der Waals surface area contributed by atoms with Crippen LogP contribution in [0.25, 0.3) is 0 Å². The van der Waals surface area contributed by atoms with Gasteiger partial charge >= 0.3 is 0 Å². The second-order valence-corrected chi connectivity index (χ2v) is 10.3. The van der Waals surface area contributed by atoms with Crippen LogP contribution in [0.5, 0.6) is 0 Å². The van der Waals surface area contributed by atoms with Gasteiger partial charge < -0.3 is 0 Å². The quantitative estimate of drug-likeness (QED) is 0.672. The van der Waals surface area contributed by atoms with Crippen molar-refractivity contribution in [2.24, 2.45) is 0 Å². The molecule has 2 fully saturated rings. The first kappa shape index (κ1) is 20.2. The van der Waals surface area contributed by atoms with Crippen molar-refractivity contribution < 1.29 is 22.4 Å². The number of nitrogens with zero attached hydrogens (tertiary/aromatic N) is 2. The fourth-order valence-corrected chi connectivity index (χ4v) is 7.07. The van der Waals surface area contributed by atoms with Gasteiger partial charge in [0.05, 0.1) is 12.1 Å². The van der Waals surface area contributed by atoms with Crippen molar-refractivity contribution >= 4 is 38.9 Å². The molecule has 1 saturated heterocycles. The van der Waals surface area contributed by atoms with E-state index in [2.05, 4.69) is 0 Å². The lowest BCUT2D eigenvalue weighted by Gasteiger charge is -2.35. The third kappa shape index (κ3) is 3.74. The average molecular weight is 437 g/mol. The Morgan fingerprint density at radius 3 is 2.34 bits per heavy atom. The molecule has 2 aliphatic rings. The first-order valence-corrected chi connectivity index (χ1v) is 11.9. The van der Waals surface area contributed by atoms with Gasteiger partial charge in [0.2, 0.25) is 5.91 Å². The average Bonchev–Trinajstić information content (AvgIpc) is 3.34. The van der Waals surface area contributed by atoms with Crippen LogP contribution in [0.2, 0.25) is 0 Å². The van der Waals surface area contributed by atoms with Crippen LogP contribution >= 0.6 is 11.3 Å². The van der Waals surface area contributed by atoms with E-state index in [1.165, 1.54) is 34.6 Å². The highest BCUT2D eigenvalue weighted by atomic mass is 32.2. The summed E-state index contributed by atoms with van der Waals surface area (Å²) >= 11 is 1.10. The van der Waals surface area contributed by atoms with Crippen molar-refractivity contribution in [2.75, 3.05) is 4.90 Å². The van der Waals surface area contributed by atoms with E-state index >= 15 is 0 Å². The Balaban J connectivity index is 1.72. The molecule has 1 aromatic carbocycles. The molecule has 1 unspecified atom stereocenters. The van der Waals surface area contributed by atoms with E-state index in [1.807, 2.05) is 0 Å². The molecule has 29 heavy (non-hydrogen) atoms. The zero-order valence-electron chi connectivity index (χ0n) is 15.7. The summed E-state index contributed by atoms with van der Waals surface area (Å²) < 4.78 is 41.6. The van der Waals surface area contributed by atoms with E-state index in [4.69, 9.17) is 0 Å². The van der Waals surface area contributed by atoms with Gasteiger partial charge in [-0.3, -0.25) is 9.59 Å². The number of sulfonamides is 1. The third-order valence-corrected chi connectivity index (χ3v) is 8.81. The molecular formula is C20H21FN2O4S2. The number of anilines is 1. The maximum atomic E-state index is 13.4. The summed E-state index contributed by atoms with van der Waals surface area (Å²) in [6.07, 6.45) is 3.92. The summed E-state index contributed by atoms with van der Waals surface area (Å²) in [5.41, 5.74) is 0.251. The van der Waals surface area contributed by atoms with Gasteiger partial charge in [0.15, 0.2) is 0 Å². The van der Waals surface area contributed by atoms with Crippen molar-refractivity contribution in [2.45, 2.75) is 54.8 Å². The lowest BCUT2D eigenvalue weighted by atomic mass is 9.94. The lowest BCUT2D eigenvalue weighted by molar-refractivity contribution is -0.122. The SMILES string of the molecule is O=C1CC(N(C2CCCCC2)S(=O)(=O)c2cccs2)C(=O)N1c1ccc(F)cc1. The van der Waals surface area contributed by atoms with Crippen LogP contribution in [-0.4, -0.2) is 36.6 Å². The third-order valence-electron chi connectivity index (χ3n) is 5.48. The van der Waals surface area contributed by atoms with Crippen LogP contribution in [0.3, 0.4) is 0 Å². The van der Waals surface area contributed by atoms with Crippen LogP contribution < -0.4 is 4.90 Å². The van der Waals surface area contributed by atoms with Crippen LogP contribution in [0.15, 0.2) is 46.0 Å². The van der Waals surface area contributed by atoms with Gasteiger partial charge in [-0.15, -0.1) is 11.3 Å². The highest BCUT2D eigenvalue weighted by molar-refractivity contribution is 7.91. The normalized spacial score (nSPS) is 21.3. The molecule has 2 heterocycles. The molecule has 2 amide bonds. The number of carbonyl (C=O) groups is 2. The Morgan fingerprint density at radius 1 is 1.03 bits per heavy atom. The fraction of sp³-hybridized carbons (Fsp3) is 0.400. The number of rotatable bonds is 5. The van der Waals surface area contributed by atoms with E-state index in [9.17, 15) is 22.4 Å². The Bertz CT molecular complexity index is 1000. The number of imide groups is 1. The van der Waals surface area contributed by atoms with Gasteiger partial charge in [0.1, 0.15) is 16.1 Å². The number of thiophene rings is 1. The molecule has 154 valence electrons. The summed E-state index contributed by atoms with van der Waals surface area (Å²) in [6, 6.07) is 6.83. The van der Waals surface area contributed by atoms with Crippen LogP contribution in [-0.2, 0) is 19.6 Å². The van der Waals surface area contributed by atoms with E-state index in [0.717, 1.165) is 35.5 Å². The number of halogens is 1. The van der Waals surface area contributed by atoms with E-state index < -0.39 is 33.7 Å². The van der Waals surface area contributed by atoms with Crippen LogP contribution in [0.4, 0.5) is 10.1 Å². The molecule has 6 nitrogen and oxygen atoms in total. The predicted octanol–water partition coefficient (Wildman–Crippen LogP) is 3.54. The summed E-state index contributed by atoms with van der Waals surface area (Å²) in [5.74, 6) is -1.53. The van der Waals surface area contributed by atoms with Gasteiger partial charge in [0, 0.05) is 6.04 Å². The molecule has 0 radical (unpaired) electrons. The van der Waals surface area contributed by atoms with E-state index in [0.29, 0.717) is 12.8 Å². The molecule has 1 aromatic heterocycles. The minimum absolute atomic E-state index is 0.170. The van der Waals surface area contributed by atoms with Gasteiger partial charge in [-0.25, -0.2) is 17.7 Å². The van der Waals surface area contributed by atoms with Crippen molar-refractivity contribution in [1.29, 1.82) is 0 Å². The van der Waals surface area contributed by atoms with E-state index in [1.54, 1.807) is 11.4 Å². The molecule has 2 aromatic rings. The Morgan fingerprint density at radius 2 is 1.72 bits per heavy atom. The van der Waals surface area contributed by atoms with Crippen molar-refractivity contribution in [3.63, 3.8) is 0 Å². The largest absolute Gasteiger partial charge is 0.274 e. The molecule has 0 bridgehead atoms. The number of amides is 2. The highest BCUT2D eigenvalue weighted by Gasteiger charge is 2.49. The minimum Gasteiger partial charge on any atom is -0.274 e.